The van der Waals surface area contributed by atoms with E-state index < -0.39 is 0 Å². The van der Waals surface area contributed by atoms with Crippen molar-refractivity contribution < 1.29 is 0 Å². The summed E-state index contributed by atoms with van der Waals surface area (Å²) >= 11 is 0. The molecule has 0 bridgehead atoms. The molecule has 0 aliphatic rings. The molecule has 0 saturated heterocycles. The zero-order valence-corrected chi connectivity index (χ0v) is 14.0. The Bertz CT molecular complexity index is 399. The van der Waals surface area contributed by atoms with Crippen molar-refractivity contribution in [3.05, 3.63) is 29.3 Å². The van der Waals surface area contributed by atoms with E-state index in [9.17, 15) is 0 Å². The summed E-state index contributed by atoms with van der Waals surface area (Å²) in [6.45, 7) is 10.9. The summed E-state index contributed by atoms with van der Waals surface area (Å²) < 4.78 is 0. The highest BCUT2D eigenvalue weighted by Crippen LogP contribution is 2.23. The van der Waals surface area contributed by atoms with Crippen molar-refractivity contribution in [2.45, 2.75) is 27.3 Å². The molecule has 0 unspecified atom stereocenters. The average Bonchev–Trinajstić information content (AvgIpc) is 2.35. The predicted molar refractivity (Wildman–Crippen MR) is 89.5 cm³/mol. The van der Waals surface area contributed by atoms with Gasteiger partial charge in [-0.15, -0.1) is 0 Å². The van der Waals surface area contributed by atoms with Crippen LogP contribution in [-0.4, -0.2) is 45.7 Å². The molecule has 20 heavy (non-hydrogen) atoms. The lowest BCUT2D eigenvalue weighted by atomic mass is 10.1. The molecule has 0 amide bonds. The maximum atomic E-state index is 3.29. The van der Waals surface area contributed by atoms with E-state index in [0.29, 0.717) is 5.92 Å². The van der Waals surface area contributed by atoms with Crippen molar-refractivity contribution >= 4 is 5.69 Å². The highest BCUT2D eigenvalue weighted by Gasteiger charge is 2.13. The van der Waals surface area contributed by atoms with E-state index in [0.717, 1.165) is 26.2 Å². The predicted octanol–water partition coefficient (Wildman–Crippen LogP) is 2.74. The molecule has 0 aliphatic heterocycles. The van der Waals surface area contributed by atoms with Crippen LogP contribution in [0, 0.1) is 12.8 Å². The monoisotopic (exact) mass is 277 g/mol. The van der Waals surface area contributed by atoms with Gasteiger partial charge in [0.2, 0.25) is 0 Å². The van der Waals surface area contributed by atoms with Crippen molar-refractivity contribution in [2.75, 3.05) is 45.7 Å². The van der Waals surface area contributed by atoms with Gasteiger partial charge in [-0.3, -0.25) is 0 Å². The molecule has 0 aromatic heterocycles. The molecule has 0 saturated carbocycles. The molecule has 0 radical (unpaired) electrons. The van der Waals surface area contributed by atoms with Crippen molar-refractivity contribution in [2.24, 2.45) is 5.92 Å². The second-order valence-corrected chi connectivity index (χ2v) is 6.31. The molecule has 0 heterocycles. The van der Waals surface area contributed by atoms with Crippen LogP contribution in [0.5, 0.6) is 0 Å². The first-order valence-corrected chi connectivity index (χ1v) is 7.57. The Labute approximate surface area is 125 Å². The smallest absolute Gasteiger partial charge is 0.0412 e. The quantitative estimate of drug-likeness (QED) is 0.788. The average molecular weight is 277 g/mol. The number of rotatable bonds is 8. The maximum Gasteiger partial charge on any atom is 0.0412 e. The summed E-state index contributed by atoms with van der Waals surface area (Å²) in [5.41, 5.74) is 4.10. The summed E-state index contributed by atoms with van der Waals surface area (Å²) in [5.74, 6) is 0.668. The molecule has 1 N–H and O–H groups in total. The van der Waals surface area contributed by atoms with Crippen LogP contribution in [-0.2, 0) is 6.54 Å². The first kappa shape index (κ1) is 17.0. The molecule has 0 spiro atoms. The van der Waals surface area contributed by atoms with Crippen LogP contribution in [0.3, 0.4) is 0 Å². The van der Waals surface area contributed by atoms with E-state index in [1.165, 1.54) is 16.8 Å². The third-order valence-electron chi connectivity index (χ3n) is 3.35. The third-order valence-corrected chi connectivity index (χ3v) is 3.35. The van der Waals surface area contributed by atoms with Crippen LogP contribution >= 0.6 is 0 Å². The van der Waals surface area contributed by atoms with Gasteiger partial charge in [-0.2, -0.15) is 0 Å². The van der Waals surface area contributed by atoms with Gasteiger partial charge in [0.05, 0.1) is 0 Å². The Morgan fingerprint density at radius 2 is 1.85 bits per heavy atom. The minimum atomic E-state index is 0.668. The number of nitrogens with zero attached hydrogens (tertiary/aromatic N) is 2. The van der Waals surface area contributed by atoms with Crippen LogP contribution in [0.2, 0.25) is 0 Å². The Balaban J connectivity index is 2.98. The summed E-state index contributed by atoms with van der Waals surface area (Å²) in [7, 11) is 6.28. The molecule has 1 rings (SSSR count). The Kier molecular flexibility index (Phi) is 7.03. The third kappa shape index (κ3) is 5.51. The number of hydrogen-bond donors (Lipinski definition) is 1. The Hall–Kier alpha value is -1.06. The molecule has 1 aromatic carbocycles. The van der Waals surface area contributed by atoms with E-state index in [-0.39, 0.29) is 0 Å². The highest BCUT2D eigenvalue weighted by molar-refractivity contribution is 5.55. The van der Waals surface area contributed by atoms with Gasteiger partial charge in [-0.25, -0.2) is 0 Å². The summed E-state index contributed by atoms with van der Waals surface area (Å²) in [5, 5.41) is 3.29. The molecule has 0 aliphatic carbocycles. The summed E-state index contributed by atoms with van der Waals surface area (Å²) in [6, 6.07) is 6.80. The number of hydrogen-bond acceptors (Lipinski definition) is 3. The van der Waals surface area contributed by atoms with Gasteiger partial charge < -0.3 is 15.1 Å². The topological polar surface area (TPSA) is 18.5 Å². The van der Waals surface area contributed by atoms with Gasteiger partial charge >= 0.3 is 0 Å². The molecule has 1 aromatic rings. The van der Waals surface area contributed by atoms with Crippen molar-refractivity contribution in [3.8, 4) is 0 Å². The van der Waals surface area contributed by atoms with Crippen LogP contribution in [0.15, 0.2) is 18.2 Å². The molecular formula is C17H31N3. The van der Waals surface area contributed by atoms with Crippen molar-refractivity contribution in [3.63, 3.8) is 0 Å². The molecule has 0 fully saturated rings. The number of nitrogens with one attached hydrogen (secondary N) is 1. The molecule has 114 valence electrons. The first-order chi connectivity index (χ1) is 9.43. The second kappa shape index (κ2) is 8.28. The van der Waals surface area contributed by atoms with Crippen LogP contribution in [0.4, 0.5) is 5.69 Å². The first-order valence-electron chi connectivity index (χ1n) is 7.57. The minimum Gasteiger partial charge on any atom is -0.370 e. The normalized spacial score (nSPS) is 11.4. The van der Waals surface area contributed by atoms with E-state index in [2.05, 4.69) is 68.2 Å². The Morgan fingerprint density at radius 3 is 2.40 bits per heavy atom. The molecule has 3 heteroatoms. The van der Waals surface area contributed by atoms with Gasteiger partial charge in [-0.05, 0) is 45.6 Å². The van der Waals surface area contributed by atoms with E-state index in [1.54, 1.807) is 0 Å². The van der Waals surface area contributed by atoms with Gasteiger partial charge in [0.25, 0.3) is 0 Å². The largest absolute Gasteiger partial charge is 0.370 e. The number of benzene rings is 1. The van der Waals surface area contributed by atoms with Gasteiger partial charge in [-0.1, -0.05) is 31.5 Å². The zero-order chi connectivity index (χ0) is 15.1. The number of anilines is 1. The zero-order valence-electron chi connectivity index (χ0n) is 14.0. The fourth-order valence-corrected chi connectivity index (χ4v) is 2.43. The van der Waals surface area contributed by atoms with E-state index in [1.807, 2.05) is 7.05 Å². The fraction of sp³-hybridized carbons (Fsp3) is 0.647. The lowest BCUT2D eigenvalue weighted by Crippen LogP contribution is -2.35. The maximum absolute atomic E-state index is 3.29. The Morgan fingerprint density at radius 1 is 1.15 bits per heavy atom. The van der Waals surface area contributed by atoms with E-state index >= 15 is 0 Å². The van der Waals surface area contributed by atoms with Crippen LogP contribution < -0.4 is 10.2 Å². The van der Waals surface area contributed by atoms with Gasteiger partial charge in [0.15, 0.2) is 0 Å². The van der Waals surface area contributed by atoms with Gasteiger partial charge in [0, 0.05) is 31.9 Å². The van der Waals surface area contributed by atoms with Crippen molar-refractivity contribution in [1.29, 1.82) is 0 Å². The highest BCUT2D eigenvalue weighted by atomic mass is 15.2. The van der Waals surface area contributed by atoms with Crippen molar-refractivity contribution in [1.82, 2.24) is 10.2 Å². The molecule has 3 nitrogen and oxygen atoms in total. The summed E-state index contributed by atoms with van der Waals surface area (Å²) in [6.07, 6.45) is 0. The lowest BCUT2D eigenvalue weighted by Gasteiger charge is -2.30. The van der Waals surface area contributed by atoms with E-state index in [4.69, 9.17) is 0 Å². The van der Waals surface area contributed by atoms with Crippen LogP contribution in [0.25, 0.3) is 0 Å². The number of aryl methyl sites for hydroxylation is 1. The lowest BCUT2D eigenvalue weighted by molar-refractivity contribution is 0.409. The minimum absolute atomic E-state index is 0.668. The molecule has 0 atom stereocenters. The number of likely N-dealkylation sites (N-methyl/N-ethyl adjacent to an activating group) is 1. The standard InChI is InChI=1S/C17H31N3/c1-14(2)13-20(10-9-19(5)6)17-8-7-15(3)11-16(17)12-18-4/h7-8,11,14,18H,9-10,12-13H2,1-6H3. The van der Waals surface area contributed by atoms with Crippen LogP contribution in [0.1, 0.15) is 25.0 Å². The molecular weight excluding hydrogens is 246 g/mol. The van der Waals surface area contributed by atoms with Gasteiger partial charge in [0.1, 0.15) is 0 Å². The fourth-order valence-electron chi connectivity index (χ4n) is 2.43. The SMILES string of the molecule is CNCc1cc(C)ccc1N(CCN(C)C)CC(C)C. The second-order valence-electron chi connectivity index (χ2n) is 6.31. The summed E-state index contributed by atoms with van der Waals surface area (Å²) in [4.78, 5) is 4.77.